The maximum absolute atomic E-state index is 12.1. The highest BCUT2D eigenvalue weighted by Crippen LogP contribution is 2.37. The summed E-state index contributed by atoms with van der Waals surface area (Å²) >= 11 is 1.34. The Labute approximate surface area is 152 Å². The van der Waals surface area contributed by atoms with Gasteiger partial charge in [-0.3, -0.25) is 9.59 Å². The number of aryl methyl sites for hydroxylation is 1. The molecule has 0 atom stereocenters. The first kappa shape index (κ1) is 17.8. The second kappa shape index (κ2) is 7.48. The fourth-order valence-corrected chi connectivity index (χ4v) is 4.09. The van der Waals surface area contributed by atoms with E-state index in [0.717, 1.165) is 36.1 Å². The first-order valence-corrected chi connectivity index (χ1v) is 8.76. The molecule has 136 valence electrons. The number of anilines is 2. The number of nitrogen functional groups attached to an aromatic ring is 1. The minimum Gasteiger partial charge on any atom is -0.451 e. The standard InChI is InChI=1S/C16H17N5O4S/c17-13-12(19-5-6-20-13)16(24)25-7-10(22)21-15-11(14(18)23)8-3-1-2-4-9(8)26-15/h5-6H,1-4,7H2,(H2,17,20)(H2,18,23)(H,21,22). The van der Waals surface area contributed by atoms with Crippen molar-refractivity contribution in [2.75, 3.05) is 17.7 Å². The molecule has 2 heterocycles. The van der Waals surface area contributed by atoms with Gasteiger partial charge in [0.05, 0.1) is 5.56 Å². The predicted molar refractivity (Wildman–Crippen MR) is 94.8 cm³/mol. The van der Waals surface area contributed by atoms with E-state index in [9.17, 15) is 14.4 Å². The number of carbonyl (C=O) groups excluding carboxylic acids is 3. The van der Waals surface area contributed by atoms with Crippen molar-refractivity contribution >= 4 is 39.9 Å². The van der Waals surface area contributed by atoms with E-state index in [1.165, 1.54) is 23.7 Å². The summed E-state index contributed by atoms with van der Waals surface area (Å²) in [5.41, 5.74) is 12.1. The number of hydrogen-bond acceptors (Lipinski definition) is 8. The van der Waals surface area contributed by atoms with Gasteiger partial charge in [0.2, 0.25) is 0 Å². The fourth-order valence-electron chi connectivity index (χ4n) is 2.78. The van der Waals surface area contributed by atoms with Crippen LogP contribution >= 0.6 is 11.3 Å². The molecule has 0 unspecified atom stereocenters. The van der Waals surface area contributed by atoms with Gasteiger partial charge in [0.1, 0.15) is 5.00 Å². The number of primary amides is 1. The highest BCUT2D eigenvalue weighted by Gasteiger charge is 2.25. The van der Waals surface area contributed by atoms with E-state index in [0.29, 0.717) is 10.6 Å². The van der Waals surface area contributed by atoms with E-state index in [2.05, 4.69) is 15.3 Å². The summed E-state index contributed by atoms with van der Waals surface area (Å²) in [6, 6.07) is 0. The van der Waals surface area contributed by atoms with Crippen LogP contribution in [0.25, 0.3) is 0 Å². The quantitative estimate of drug-likeness (QED) is 0.657. The van der Waals surface area contributed by atoms with Crippen LogP contribution in [-0.2, 0) is 22.4 Å². The molecular weight excluding hydrogens is 358 g/mol. The lowest BCUT2D eigenvalue weighted by molar-refractivity contribution is -0.119. The lowest BCUT2D eigenvalue weighted by atomic mass is 9.95. The van der Waals surface area contributed by atoms with Crippen LogP contribution in [0.3, 0.4) is 0 Å². The van der Waals surface area contributed by atoms with Crippen LogP contribution in [0.5, 0.6) is 0 Å². The largest absolute Gasteiger partial charge is 0.451 e. The number of thiophene rings is 1. The molecule has 9 nitrogen and oxygen atoms in total. The van der Waals surface area contributed by atoms with Gasteiger partial charge in [-0.05, 0) is 31.2 Å². The highest BCUT2D eigenvalue weighted by atomic mass is 32.1. The Kier molecular flexibility index (Phi) is 5.12. The molecule has 0 aliphatic heterocycles. The number of nitrogens with two attached hydrogens (primary N) is 2. The van der Waals surface area contributed by atoms with Crippen molar-refractivity contribution in [3.8, 4) is 0 Å². The Balaban J connectivity index is 1.67. The highest BCUT2D eigenvalue weighted by molar-refractivity contribution is 7.17. The molecule has 0 fully saturated rings. The van der Waals surface area contributed by atoms with Gasteiger partial charge in [-0.25, -0.2) is 14.8 Å². The molecule has 26 heavy (non-hydrogen) atoms. The molecule has 5 N–H and O–H groups in total. The Morgan fingerprint density at radius 1 is 1.19 bits per heavy atom. The Bertz CT molecular complexity index is 880. The van der Waals surface area contributed by atoms with Crippen molar-refractivity contribution in [1.82, 2.24) is 9.97 Å². The van der Waals surface area contributed by atoms with Gasteiger partial charge in [0.15, 0.2) is 18.1 Å². The number of nitrogens with zero attached hydrogens (tertiary/aromatic N) is 2. The van der Waals surface area contributed by atoms with Crippen LogP contribution in [0, 0.1) is 0 Å². The van der Waals surface area contributed by atoms with E-state index < -0.39 is 24.4 Å². The maximum atomic E-state index is 12.1. The van der Waals surface area contributed by atoms with Gasteiger partial charge in [0.25, 0.3) is 11.8 Å². The molecule has 0 bridgehead atoms. The zero-order valence-corrected chi connectivity index (χ0v) is 14.6. The molecule has 0 spiro atoms. The summed E-state index contributed by atoms with van der Waals surface area (Å²) in [4.78, 5) is 44.4. The second-order valence-corrected chi connectivity index (χ2v) is 6.80. The number of rotatable bonds is 5. The fraction of sp³-hybridized carbons (Fsp3) is 0.312. The number of hydrogen-bond donors (Lipinski definition) is 3. The molecule has 3 rings (SSSR count). The van der Waals surface area contributed by atoms with Crippen LogP contribution in [0.15, 0.2) is 12.4 Å². The monoisotopic (exact) mass is 375 g/mol. The van der Waals surface area contributed by atoms with E-state index in [1.807, 2.05) is 0 Å². The number of amides is 2. The van der Waals surface area contributed by atoms with Crippen molar-refractivity contribution in [1.29, 1.82) is 0 Å². The van der Waals surface area contributed by atoms with E-state index in [-0.39, 0.29) is 11.5 Å². The minimum absolute atomic E-state index is 0.0835. The molecule has 2 amide bonds. The number of aromatic nitrogens is 2. The molecule has 0 radical (unpaired) electrons. The van der Waals surface area contributed by atoms with E-state index in [1.54, 1.807) is 0 Å². The summed E-state index contributed by atoms with van der Waals surface area (Å²) in [5, 5.41) is 3.00. The van der Waals surface area contributed by atoms with Gasteiger partial charge in [0, 0.05) is 17.3 Å². The summed E-state index contributed by atoms with van der Waals surface area (Å²) < 4.78 is 4.90. The SMILES string of the molecule is NC(=O)c1c(NC(=O)COC(=O)c2nccnc2N)sc2c1CCCC2. The summed E-state index contributed by atoms with van der Waals surface area (Å²) in [5.74, 6) is -2.10. The average Bonchev–Trinajstić information content (AvgIpc) is 2.98. The van der Waals surface area contributed by atoms with Gasteiger partial charge < -0.3 is 21.5 Å². The first-order valence-electron chi connectivity index (χ1n) is 7.95. The number of esters is 1. The van der Waals surface area contributed by atoms with Gasteiger partial charge >= 0.3 is 5.97 Å². The second-order valence-electron chi connectivity index (χ2n) is 5.69. The molecule has 2 aromatic rings. The molecular formula is C16H17N5O4S. The molecule has 0 saturated heterocycles. The van der Waals surface area contributed by atoms with Crippen LogP contribution in [0.2, 0.25) is 0 Å². The summed E-state index contributed by atoms with van der Waals surface area (Å²) in [6.07, 6.45) is 6.27. The first-order chi connectivity index (χ1) is 12.5. The van der Waals surface area contributed by atoms with Crippen molar-refractivity contribution in [2.24, 2.45) is 5.73 Å². The minimum atomic E-state index is -0.855. The van der Waals surface area contributed by atoms with Crippen LogP contribution in [0.1, 0.15) is 44.1 Å². The molecule has 0 aromatic carbocycles. The molecule has 1 aliphatic carbocycles. The third-order valence-corrected chi connectivity index (χ3v) is 5.13. The molecule has 10 heteroatoms. The smallest absolute Gasteiger partial charge is 0.361 e. The van der Waals surface area contributed by atoms with E-state index >= 15 is 0 Å². The third-order valence-electron chi connectivity index (χ3n) is 3.92. The lowest BCUT2D eigenvalue weighted by Gasteiger charge is -2.11. The number of carbonyl (C=O) groups is 3. The Morgan fingerprint density at radius 3 is 2.65 bits per heavy atom. The van der Waals surface area contributed by atoms with Gasteiger partial charge in [-0.15, -0.1) is 11.3 Å². The molecule has 0 saturated carbocycles. The average molecular weight is 375 g/mol. The maximum Gasteiger partial charge on any atom is 0.361 e. The van der Waals surface area contributed by atoms with Crippen molar-refractivity contribution in [2.45, 2.75) is 25.7 Å². The number of nitrogens with one attached hydrogen (secondary N) is 1. The molecule has 2 aromatic heterocycles. The van der Waals surface area contributed by atoms with Crippen molar-refractivity contribution in [3.63, 3.8) is 0 Å². The van der Waals surface area contributed by atoms with Gasteiger partial charge in [-0.1, -0.05) is 0 Å². The summed E-state index contributed by atoms with van der Waals surface area (Å²) in [6.45, 7) is -0.546. The number of fused-ring (bicyclic) bond motifs is 1. The van der Waals surface area contributed by atoms with Crippen LogP contribution in [-0.4, -0.2) is 34.4 Å². The number of ether oxygens (including phenoxy) is 1. The molecule has 1 aliphatic rings. The van der Waals surface area contributed by atoms with Crippen LogP contribution in [0.4, 0.5) is 10.8 Å². The summed E-state index contributed by atoms with van der Waals surface area (Å²) in [7, 11) is 0. The van der Waals surface area contributed by atoms with Gasteiger partial charge in [-0.2, -0.15) is 0 Å². The normalized spacial score (nSPS) is 12.9. The van der Waals surface area contributed by atoms with Crippen LogP contribution < -0.4 is 16.8 Å². The predicted octanol–water partition coefficient (Wildman–Crippen LogP) is 0.893. The zero-order chi connectivity index (χ0) is 18.7. The lowest BCUT2D eigenvalue weighted by Crippen LogP contribution is -2.23. The zero-order valence-electron chi connectivity index (χ0n) is 13.8. The van der Waals surface area contributed by atoms with E-state index in [4.69, 9.17) is 16.2 Å². The van der Waals surface area contributed by atoms with Crippen molar-refractivity contribution < 1.29 is 19.1 Å². The third kappa shape index (κ3) is 3.64. The Hall–Kier alpha value is -3.01. The Morgan fingerprint density at radius 2 is 1.92 bits per heavy atom. The topological polar surface area (TPSA) is 150 Å². The van der Waals surface area contributed by atoms with Crippen molar-refractivity contribution in [3.05, 3.63) is 34.1 Å².